The third kappa shape index (κ3) is 3.15. The van der Waals surface area contributed by atoms with Gasteiger partial charge in [-0.1, -0.05) is 36.4 Å². The molecule has 1 amide bonds. The standard InChI is InChI=1S/C15H15N3O3S/c19-13(20)8-12-14(21)16-15(22-12)18-17-11-7-3-5-9-4-1-2-6-10(9)11/h1-7,12,15,17-18H,8H2,(H,16,21)(H,19,20). The van der Waals surface area contributed by atoms with Gasteiger partial charge in [0.25, 0.3) is 0 Å². The largest absolute Gasteiger partial charge is 0.481 e. The van der Waals surface area contributed by atoms with Gasteiger partial charge in [-0.25, -0.2) is 5.43 Å². The molecule has 0 spiro atoms. The highest BCUT2D eigenvalue weighted by Gasteiger charge is 2.34. The summed E-state index contributed by atoms with van der Waals surface area (Å²) in [4.78, 5) is 22.4. The Bertz CT molecular complexity index is 717. The molecule has 2 aromatic rings. The van der Waals surface area contributed by atoms with E-state index >= 15 is 0 Å². The number of hydrazine groups is 1. The SMILES string of the molecule is O=C(O)CC1SC(NNc2cccc3ccccc23)NC1=O. The van der Waals surface area contributed by atoms with Crippen molar-refractivity contribution in [2.24, 2.45) is 0 Å². The molecule has 3 rings (SSSR count). The van der Waals surface area contributed by atoms with Crippen LogP contribution in [0.4, 0.5) is 5.69 Å². The second kappa shape index (κ2) is 6.25. The van der Waals surface area contributed by atoms with E-state index in [1.165, 1.54) is 11.8 Å². The molecule has 1 aliphatic rings. The van der Waals surface area contributed by atoms with Crippen molar-refractivity contribution in [1.29, 1.82) is 0 Å². The minimum Gasteiger partial charge on any atom is -0.481 e. The molecule has 6 nitrogen and oxygen atoms in total. The Morgan fingerprint density at radius 1 is 1.23 bits per heavy atom. The highest BCUT2D eigenvalue weighted by molar-refractivity contribution is 8.01. The molecule has 7 heteroatoms. The highest BCUT2D eigenvalue weighted by atomic mass is 32.2. The lowest BCUT2D eigenvalue weighted by Gasteiger charge is -2.15. The molecule has 2 unspecified atom stereocenters. The Hall–Kier alpha value is -2.25. The van der Waals surface area contributed by atoms with Crippen molar-refractivity contribution in [3.63, 3.8) is 0 Å². The number of amides is 1. The Morgan fingerprint density at radius 3 is 2.82 bits per heavy atom. The van der Waals surface area contributed by atoms with E-state index < -0.39 is 11.2 Å². The van der Waals surface area contributed by atoms with Crippen LogP contribution in [0.15, 0.2) is 42.5 Å². The van der Waals surface area contributed by atoms with Gasteiger partial charge in [-0.15, -0.1) is 11.8 Å². The van der Waals surface area contributed by atoms with Crippen LogP contribution >= 0.6 is 11.8 Å². The number of hydrogen-bond acceptors (Lipinski definition) is 5. The first-order valence-electron chi connectivity index (χ1n) is 6.80. The van der Waals surface area contributed by atoms with Crippen LogP contribution in [-0.4, -0.2) is 27.7 Å². The number of fused-ring (bicyclic) bond motifs is 1. The Kier molecular flexibility index (Phi) is 4.17. The fourth-order valence-electron chi connectivity index (χ4n) is 2.33. The van der Waals surface area contributed by atoms with Gasteiger partial charge in [-0.3, -0.25) is 9.59 Å². The number of aliphatic carboxylic acids is 1. The zero-order valence-electron chi connectivity index (χ0n) is 11.6. The number of benzene rings is 2. The van der Waals surface area contributed by atoms with E-state index in [2.05, 4.69) is 16.2 Å². The fraction of sp³-hybridized carbons (Fsp3) is 0.200. The lowest BCUT2D eigenvalue weighted by Crippen LogP contribution is -2.41. The minimum atomic E-state index is -0.977. The molecule has 0 saturated carbocycles. The van der Waals surface area contributed by atoms with Gasteiger partial charge in [0.15, 0.2) is 0 Å². The van der Waals surface area contributed by atoms with Crippen molar-refractivity contribution < 1.29 is 14.7 Å². The first-order chi connectivity index (χ1) is 10.6. The zero-order chi connectivity index (χ0) is 15.5. The van der Waals surface area contributed by atoms with E-state index in [1.54, 1.807) is 0 Å². The van der Waals surface area contributed by atoms with Crippen LogP contribution in [0, 0.1) is 0 Å². The summed E-state index contributed by atoms with van der Waals surface area (Å²) in [7, 11) is 0. The van der Waals surface area contributed by atoms with Crippen molar-refractivity contribution in [1.82, 2.24) is 10.7 Å². The number of thioether (sulfide) groups is 1. The van der Waals surface area contributed by atoms with Gasteiger partial charge in [-0.05, 0) is 11.5 Å². The van der Waals surface area contributed by atoms with Crippen molar-refractivity contribution >= 4 is 40.1 Å². The summed E-state index contributed by atoms with van der Waals surface area (Å²) >= 11 is 1.26. The zero-order valence-corrected chi connectivity index (χ0v) is 12.4. The summed E-state index contributed by atoms with van der Waals surface area (Å²) in [6.45, 7) is 0. The van der Waals surface area contributed by atoms with Gasteiger partial charge in [0.1, 0.15) is 5.50 Å². The molecule has 0 aliphatic carbocycles. The molecule has 0 aromatic heterocycles. The number of hydrogen-bond donors (Lipinski definition) is 4. The summed E-state index contributed by atoms with van der Waals surface area (Å²) in [6, 6.07) is 13.9. The van der Waals surface area contributed by atoms with E-state index in [-0.39, 0.29) is 17.8 Å². The van der Waals surface area contributed by atoms with Gasteiger partial charge in [-0.2, -0.15) is 0 Å². The predicted molar refractivity (Wildman–Crippen MR) is 86.3 cm³/mol. The normalized spacial score (nSPS) is 20.8. The number of carboxylic acid groups (broad SMARTS) is 1. The van der Waals surface area contributed by atoms with Gasteiger partial charge in [0, 0.05) is 5.39 Å². The molecule has 0 radical (unpaired) electrons. The molecule has 1 fully saturated rings. The Morgan fingerprint density at radius 2 is 2.00 bits per heavy atom. The molecular formula is C15H15N3O3S. The molecule has 2 aromatic carbocycles. The fourth-order valence-corrected chi connectivity index (χ4v) is 3.40. The van der Waals surface area contributed by atoms with Gasteiger partial charge in [0.2, 0.25) is 5.91 Å². The van der Waals surface area contributed by atoms with Crippen LogP contribution in [0.5, 0.6) is 0 Å². The van der Waals surface area contributed by atoms with Crippen molar-refractivity contribution in [3.8, 4) is 0 Å². The monoisotopic (exact) mass is 317 g/mol. The van der Waals surface area contributed by atoms with Crippen LogP contribution < -0.4 is 16.2 Å². The van der Waals surface area contributed by atoms with E-state index in [4.69, 9.17) is 5.11 Å². The molecule has 1 aliphatic heterocycles. The first-order valence-corrected chi connectivity index (χ1v) is 7.75. The van der Waals surface area contributed by atoms with Crippen molar-refractivity contribution in [3.05, 3.63) is 42.5 Å². The summed E-state index contributed by atoms with van der Waals surface area (Å²) in [5.74, 6) is -1.24. The molecule has 1 heterocycles. The summed E-state index contributed by atoms with van der Waals surface area (Å²) in [5, 5.41) is 13.1. The maximum Gasteiger partial charge on any atom is 0.305 e. The van der Waals surface area contributed by atoms with Crippen LogP contribution in [-0.2, 0) is 9.59 Å². The minimum absolute atomic E-state index is 0.178. The average Bonchev–Trinajstić information content (AvgIpc) is 2.84. The van der Waals surface area contributed by atoms with Crippen molar-refractivity contribution in [2.75, 3.05) is 5.43 Å². The topological polar surface area (TPSA) is 90.5 Å². The number of carbonyl (C=O) groups excluding carboxylic acids is 1. The average molecular weight is 317 g/mol. The number of rotatable bonds is 5. The second-order valence-corrected chi connectivity index (χ2v) is 6.22. The molecule has 0 bridgehead atoms. The Balaban J connectivity index is 1.65. The van der Waals surface area contributed by atoms with Crippen molar-refractivity contribution in [2.45, 2.75) is 17.2 Å². The van der Waals surface area contributed by atoms with E-state index in [0.717, 1.165) is 16.5 Å². The van der Waals surface area contributed by atoms with E-state index in [0.29, 0.717) is 0 Å². The molecular weight excluding hydrogens is 302 g/mol. The molecule has 4 N–H and O–H groups in total. The van der Waals surface area contributed by atoms with E-state index in [9.17, 15) is 9.59 Å². The van der Waals surface area contributed by atoms with Gasteiger partial charge >= 0.3 is 5.97 Å². The number of nitrogens with one attached hydrogen (secondary N) is 3. The maximum absolute atomic E-state index is 11.7. The van der Waals surface area contributed by atoms with Gasteiger partial charge < -0.3 is 15.8 Å². The number of anilines is 1. The summed E-state index contributed by atoms with van der Waals surface area (Å²) in [5.41, 5.74) is 6.64. The third-order valence-electron chi connectivity index (χ3n) is 3.35. The second-order valence-electron chi connectivity index (χ2n) is 4.91. The smallest absolute Gasteiger partial charge is 0.305 e. The lowest BCUT2D eigenvalue weighted by atomic mass is 10.1. The van der Waals surface area contributed by atoms with Gasteiger partial charge in [0.05, 0.1) is 17.4 Å². The van der Waals surface area contributed by atoms with Crippen LogP contribution in [0.3, 0.4) is 0 Å². The molecule has 114 valence electrons. The third-order valence-corrected chi connectivity index (χ3v) is 4.57. The quantitative estimate of drug-likeness (QED) is 0.628. The Labute approximate surface area is 131 Å². The predicted octanol–water partition coefficient (Wildman–Crippen LogP) is 1.75. The van der Waals surface area contributed by atoms with E-state index in [1.807, 2.05) is 42.5 Å². The lowest BCUT2D eigenvalue weighted by molar-refractivity contribution is -0.138. The van der Waals surface area contributed by atoms with Crippen LogP contribution in [0.25, 0.3) is 10.8 Å². The van der Waals surface area contributed by atoms with Crippen LogP contribution in [0.2, 0.25) is 0 Å². The van der Waals surface area contributed by atoms with Crippen LogP contribution in [0.1, 0.15) is 6.42 Å². The first kappa shape index (κ1) is 14.7. The maximum atomic E-state index is 11.7. The molecule has 1 saturated heterocycles. The summed E-state index contributed by atoms with van der Waals surface area (Å²) in [6.07, 6.45) is -0.178. The molecule has 22 heavy (non-hydrogen) atoms. The highest BCUT2D eigenvalue weighted by Crippen LogP contribution is 2.26. The summed E-state index contributed by atoms with van der Waals surface area (Å²) < 4.78 is 0. The number of carboxylic acids is 1. The number of carbonyl (C=O) groups is 2. The molecule has 2 atom stereocenters.